The van der Waals surface area contributed by atoms with Crippen LogP contribution in [0.25, 0.3) is 0 Å². The first-order valence-electron chi connectivity index (χ1n) is 2.88. The summed E-state index contributed by atoms with van der Waals surface area (Å²) in [5, 5.41) is 17.1. The second kappa shape index (κ2) is 3.31. The molecule has 0 aliphatic carbocycles. The van der Waals surface area contributed by atoms with Crippen molar-refractivity contribution in [1.82, 2.24) is 0 Å². The first-order valence-corrected chi connectivity index (χ1v) is 2.88. The molecular weight excluding hydrogens is 136 g/mol. The third-order valence-corrected chi connectivity index (χ3v) is 1.28. The van der Waals surface area contributed by atoms with E-state index in [9.17, 15) is 9.59 Å². The molecule has 0 saturated carbocycles. The van der Waals surface area contributed by atoms with Gasteiger partial charge in [0.1, 0.15) is 6.10 Å². The highest BCUT2D eigenvalue weighted by Gasteiger charge is 2.24. The van der Waals surface area contributed by atoms with Gasteiger partial charge in [0.05, 0.1) is 5.92 Å². The molecular formula is C6H10O4. The predicted octanol–water partition coefficient (Wildman–Crippen LogP) is -0.343. The first kappa shape index (κ1) is 9.10. The van der Waals surface area contributed by atoms with Crippen LogP contribution >= 0.6 is 0 Å². The van der Waals surface area contributed by atoms with Crippen molar-refractivity contribution in [2.45, 2.75) is 20.0 Å². The van der Waals surface area contributed by atoms with Gasteiger partial charge in [-0.2, -0.15) is 0 Å². The summed E-state index contributed by atoms with van der Waals surface area (Å²) >= 11 is 0. The Labute approximate surface area is 58.5 Å². The standard InChI is InChI=1S/C6H10O4/c1-3(6(9)10)5(8)4(2)7/h3,5,8H,1-2H3,(H,9,10)/t3-,5+/m1/s1. The SMILES string of the molecule is CC(=O)[C@@H](O)[C@@H](C)C(=O)O. The summed E-state index contributed by atoms with van der Waals surface area (Å²) in [7, 11) is 0. The van der Waals surface area contributed by atoms with Crippen LogP contribution < -0.4 is 0 Å². The van der Waals surface area contributed by atoms with E-state index in [1.54, 1.807) is 0 Å². The molecule has 4 heteroatoms. The molecule has 0 unspecified atom stereocenters. The van der Waals surface area contributed by atoms with Crippen molar-refractivity contribution in [1.29, 1.82) is 0 Å². The first-order chi connectivity index (χ1) is 4.46. The van der Waals surface area contributed by atoms with Crippen LogP contribution in [0.2, 0.25) is 0 Å². The summed E-state index contributed by atoms with van der Waals surface area (Å²) < 4.78 is 0. The fourth-order valence-electron chi connectivity index (χ4n) is 0.487. The summed E-state index contributed by atoms with van der Waals surface area (Å²) in [6.45, 7) is 2.44. The van der Waals surface area contributed by atoms with Crippen molar-refractivity contribution in [2.24, 2.45) is 5.92 Å². The second-order valence-electron chi connectivity index (χ2n) is 2.18. The van der Waals surface area contributed by atoms with Crippen molar-refractivity contribution in [3.8, 4) is 0 Å². The van der Waals surface area contributed by atoms with Gasteiger partial charge in [-0.15, -0.1) is 0 Å². The molecule has 0 aromatic heterocycles. The zero-order valence-corrected chi connectivity index (χ0v) is 5.87. The average molecular weight is 146 g/mol. The minimum atomic E-state index is -1.38. The van der Waals surface area contributed by atoms with Crippen LogP contribution in [-0.4, -0.2) is 28.1 Å². The van der Waals surface area contributed by atoms with Gasteiger partial charge in [0.2, 0.25) is 0 Å². The number of rotatable bonds is 3. The Bertz CT molecular complexity index is 134. The van der Waals surface area contributed by atoms with E-state index in [4.69, 9.17) is 10.2 Å². The number of Topliss-reactive ketones (excluding diaryl/α,β-unsaturated/α-hetero) is 1. The molecule has 58 valence electrons. The van der Waals surface area contributed by atoms with Gasteiger partial charge in [0.25, 0.3) is 0 Å². The van der Waals surface area contributed by atoms with Crippen LogP contribution in [0.5, 0.6) is 0 Å². The lowest BCUT2D eigenvalue weighted by atomic mass is 10.0. The lowest BCUT2D eigenvalue weighted by Gasteiger charge is -2.09. The number of aliphatic carboxylic acids is 1. The Hall–Kier alpha value is -0.900. The number of aliphatic hydroxyl groups is 1. The van der Waals surface area contributed by atoms with Gasteiger partial charge in [-0.3, -0.25) is 9.59 Å². The molecule has 10 heavy (non-hydrogen) atoms. The maximum absolute atomic E-state index is 10.4. The topological polar surface area (TPSA) is 74.6 Å². The summed E-state index contributed by atoms with van der Waals surface area (Å²) in [4.78, 5) is 20.5. The van der Waals surface area contributed by atoms with Crippen LogP contribution in [0.4, 0.5) is 0 Å². The van der Waals surface area contributed by atoms with Gasteiger partial charge in [0, 0.05) is 0 Å². The van der Waals surface area contributed by atoms with E-state index in [2.05, 4.69) is 0 Å². The van der Waals surface area contributed by atoms with Gasteiger partial charge in [-0.05, 0) is 13.8 Å². The van der Waals surface area contributed by atoms with Crippen LogP contribution in [0, 0.1) is 5.92 Å². The molecule has 0 radical (unpaired) electrons. The Balaban J connectivity index is 4.07. The molecule has 0 amide bonds. The summed E-state index contributed by atoms with van der Waals surface area (Å²) in [6, 6.07) is 0. The van der Waals surface area contributed by atoms with Crippen molar-refractivity contribution < 1.29 is 19.8 Å². The predicted molar refractivity (Wildman–Crippen MR) is 33.5 cm³/mol. The zero-order chi connectivity index (χ0) is 8.31. The number of hydrogen-bond acceptors (Lipinski definition) is 3. The van der Waals surface area contributed by atoms with E-state index < -0.39 is 23.8 Å². The molecule has 0 fully saturated rings. The molecule has 0 aliphatic rings. The van der Waals surface area contributed by atoms with E-state index in [-0.39, 0.29) is 0 Å². The molecule has 0 aromatic rings. The molecule has 0 rings (SSSR count). The third kappa shape index (κ3) is 2.14. The number of hydrogen-bond donors (Lipinski definition) is 2. The molecule has 0 spiro atoms. The highest BCUT2D eigenvalue weighted by atomic mass is 16.4. The maximum atomic E-state index is 10.4. The van der Waals surface area contributed by atoms with E-state index in [1.807, 2.05) is 0 Å². The van der Waals surface area contributed by atoms with E-state index in [0.717, 1.165) is 6.92 Å². The Kier molecular flexibility index (Phi) is 3.02. The average Bonchev–Trinajstić information content (AvgIpc) is 1.84. The second-order valence-corrected chi connectivity index (χ2v) is 2.18. The minimum absolute atomic E-state index is 0.519. The highest BCUT2D eigenvalue weighted by molar-refractivity contribution is 5.85. The van der Waals surface area contributed by atoms with E-state index >= 15 is 0 Å². The summed E-state index contributed by atoms with van der Waals surface area (Å²) in [6.07, 6.45) is -1.38. The fourth-order valence-corrected chi connectivity index (χ4v) is 0.487. The van der Waals surface area contributed by atoms with Gasteiger partial charge < -0.3 is 10.2 Å². The van der Waals surface area contributed by atoms with E-state index in [0.29, 0.717) is 0 Å². The quantitative estimate of drug-likeness (QED) is 0.571. The number of carboxylic acid groups (broad SMARTS) is 1. The molecule has 2 atom stereocenters. The van der Waals surface area contributed by atoms with Crippen LogP contribution in [0.15, 0.2) is 0 Å². The number of carboxylic acids is 1. The zero-order valence-electron chi connectivity index (χ0n) is 5.87. The molecule has 0 heterocycles. The van der Waals surface area contributed by atoms with Gasteiger partial charge in [-0.1, -0.05) is 0 Å². The Morgan fingerprint density at radius 3 is 1.90 bits per heavy atom. The molecule has 2 N–H and O–H groups in total. The van der Waals surface area contributed by atoms with Gasteiger partial charge in [-0.25, -0.2) is 0 Å². The Morgan fingerprint density at radius 1 is 1.40 bits per heavy atom. The minimum Gasteiger partial charge on any atom is -0.481 e. The lowest BCUT2D eigenvalue weighted by Crippen LogP contribution is -2.31. The van der Waals surface area contributed by atoms with Crippen molar-refractivity contribution in [2.75, 3.05) is 0 Å². The van der Waals surface area contributed by atoms with Gasteiger partial charge >= 0.3 is 5.97 Å². The molecule has 4 nitrogen and oxygen atoms in total. The Morgan fingerprint density at radius 2 is 1.80 bits per heavy atom. The smallest absolute Gasteiger partial charge is 0.309 e. The molecule has 0 saturated heterocycles. The van der Waals surface area contributed by atoms with Crippen LogP contribution in [-0.2, 0) is 9.59 Å². The number of carbonyl (C=O) groups excluding carboxylic acids is 1. The van der Waals surface area contributed by atoms with Gasteiger partial charge in [0.15, 0.2) is 5.78 Å². The number of carbonyl (C=O) groups is 2. The monoisotopic (exact) mass is 146 g/mol. The molecule has 0 bridgehead atoms. The van der Waals surface area contributed by atoms with Crippen LogP contribution in [0.1, 0.15) is 13.8 Å². The number of aliphatic hydroxyl groups excluding tert-OH is 1. The summed E-state index contributed by atoms with van der Waals surface area (Å²) in [5.74, 6) is -2.70. The highest BCUT2D eigenvalue weighted by Crippen LogP contribution is 2.03. The normalized spacial score (nSPS) is 15.9. The third-order valence-electron chi connectivity index (χ3n) is 1.28. The molecule has 0 aromatic carbocycles. The largest absolute Gasteiger partial charge is 0.481 e. The van der Waals surface area contributed by atoms with Crippen molar-refractivity contribution in [3.05, 3.63) is 0 Å². The van der Waals surface area contributed by atoms with Crippen molar-refractivity contribution >= 4 is 11.8 Å². The fraction of sp³-hybridized carbons (Fsp3) is 0.667. The van der Waals surface area contributed by atoms with E-state index in [1.165, 1.54) is 6.92 Å². The van der Waals surface area contributed by atoms with Crippen LogP contribution in [0.3, 0.4) is 0 Å². The van der Waals surface area contributed by atoms with Crippen molar-refractivity contribution in [3.63, 3.8) is 0 Å². The number of ketones is 1. The molecule has 0 aliphatic heterocycles. The maximum Gasteiger partial charge on any atom is 0.309 e. The lowest BCUT2D eigenvalue weighted by molar-refractivity contribution is -0.148. The summed E-state index contributed by atoms with van der Waals surface area (Å²) in [5.41, 5.74) is 0.